The van der Waals surface area contributed by atoms with Crippen LogP contribution in [0.4, 0.5) is 4.79 Å². The van der Waals surface area contributed by atoms with Crippen molar-refractivity contribution >= 4 is 11.9 Å². The molecule has 1 aromatic rings. The van der Waals surface area contributed by atoms with E-state index in [0.717, 1.165) is 32.4 Å². The molecule has 1 saturated heterocycles. The summed E-state index contributed by atoms with van der Waals surface area (Å²) in [7, 11) is 4.29. The first-order valence-electron chi connectivity index (χ1n) is 11.0. The molecule has 2 fully saturated rings. The zero-order chi connectivity index (χ0) is 20.9. The van der Waals surface area contributed by atoms with Crippen LogP contribution in [0.25, 0.3) is 0 Å². The van der Waals surface area contributed by atoms with Crippen molar-refractivity contribution in [1.29, 1.82) is 0 Å². The highest BCUT2D eigenvalue weighted by Gasteiger charge is 2.37. The van der Waals surface area contributed by atoms with Gasteiger partial charge in [0, 0.05) is 38.1 Å². The maximum Gasteiger partial charge on any atom is 0.320 e. The molecule has 6 heteroatoms. The molecule has 29 heavy (non-hydrogen) atoms. The third kappa shape index (κ3) is 5.10. The van der Waals surface area contributed by atoms with E-state index in [4.69, 9.17) is 5.73 Å². The second-order valence-electron chi connectivity index (χ2n) is 8.87. The number of nitrogens with zero attached hydrogens (tertiary/aromatic N) is 3. The van der Waals surface area contributed by atoms with Crippen molar-refractivity contribution in [1.82, 2.24) is 14.7 Å². The summed E-state index contributed by atoms with van der Waals surface area (Å²) in [5.41, 5.74) is 6.58. The molecule has 0 aromatic heterocycles. The Kier molecular flexibility index (Phi) is 7.17. The van der Waals surface area contributed by atoms with E-state index in [9.17, 15) is 9.59 Å². The standard InChI is InChI=1S/C23H36N4O2/c1-25(2)23(20-10-4-3-5-11-20)13-7-15-26(16-12-21(24)28)22(29)27(17-14-23)18-19-8-6-9-19/h3-5,10-11,19H,6-9,12-18H2,1-2H3,(H2,24,28)/t23-/m0/s1. The van der Waals surface area contributed by atoms with Crippen LogP contribution in [0.2, 0.25) is 0 Å². The molecule has 1 aliphatic heterocycles. The average Bonchev–Trinajstić information content (AvgIpc) is 2.73. The largest absolute Gasteiger partial charge is 0.370 e. The summed E-state index contributed by atoms with van der Waals surface area (Å²) < 4.78 is 0. The summed E-state index contributed by atoms with van der Waals surface area (Å²) in [5.74, 6) is 0.262. The highest BCUT2D eigenvalue weighted by Crippen LogP contribution is 2.37. The number of amides is 3. The lowest BCUT2D eigenvalue weighted by Crippen LogP contribution is -2.48. The average molecular weight is 401 g/mol. The van der Waals surface area contributed by atoms with E-state index in [1.807, 2.05) is 9.80 Å². The highest BCUT2D eigenvalue weighted by atomic mass is 16.2. The van der Waals surface area contributed by atoms with Crippen LogP contribution in [0.15, 0.2) is 30.3 Å². The van der Waals surface area contributed by atoms with Gasteiger partial charge in [0.2, 0.25) is 5.91 Å². The van der Waals surface area contributed by atoms with E-state index in [1.54, 1.807) is 0 Å². The number of carbonyl (C=O) groups is 2. The second-order valence-corrected chi connectivity index (χ2v) is 8.87. The van der Waals surface area contributed by atoms with Gasteiger partial charge < -0.3 is 15.5 Å². The molecule has 6 nitrogen and oxygen atoms in total. The van der Waals surface area contributed by atoms with Crippen LogP contribution in [0, 0.1) is 5.92 Å². The van der Waals surface area contributed by atoms with Crippen molar-refractivity contribution in [2.45, 2.75) is 50.5 Å². The number of benzene rings is 1. The SMILES string of the molecule is CN(C)[C@@]1(c2ccccc2)CCCN(CCC(N)=O)C(=O)N(CC2CCC2)CC1. The van der Waals surface area contributed by atoms with E-state index < -0.39 is 0 Å². The number of nitrogens with two attached hydrogens (primary N) is 1. The van der Waals surface area contributed by atoms with Crippen molar-refractivity contribution in [3.8, 4) is 0 Å². The third-order valence-electron chi connectivity index (χ3n) is 6.85. The van der Waals surface area contributed by atoms with Crippen LogP contribution < -0.4 is 5.73 Å². The highest BCUT2D eigenvalue weighted by molar-refractivity contribution is 5.77. The van der Waals surface area contributed by atoms with E-state index in [-0.39, 0.29) is 23.9 Å². The Morgan fingerprint density at radius 1 is 1.10 bits per heavy atom. The minimum atomic E-state index is -0.352. The van der Waals surface area contributed by atoms with E-state index >= 15 is 0 Å². The zero-order valence-corrected chi connectivity index (χ0v) is 18.0. The molecule has 1 atom stereocenters. The monoisotopic (exact) mass is 400 g/mol. The molecule has 3 rings (SSSR count). The van der Waals surface area contributed by atoms with Gasteiger partial charge in [-0.15, -0.1) is 0 Å². The lowest BCUT2D eigenvalue weighted by molar-refractivity contribution is -0.118. The van der Waals surface area contributed by atoms with Crippen molar-refractivity contribution in [2.24, 2.45) is 11.7 Å². The number of primary amides is 1. The minimum Gasteiger partial charge on any atom is -0.370 e. The van der Waals surface area contributed by atoms with E-state index in [1.165, 1.54) is 24.8 Å². The first-order valence-corrected chi connectivity index (χ1v) is 11.0. The molecule has 2 aliphatic rings. The molecule has 0 radical (unpaired) electrons. The van der Waals surface area contributed by atoms with Crippen LogP contribution in [-0.4, -0.2) is 66.9 Å². The maximum atomic E-state index is 13.3. The lowest BCUT2D eigenvalue weighted by Gasteiger charge is -2.42. The summed E-state index contributed by atoms with van der Waals surface area (Å²) in [6, 6.07) is 10.7. The van der Waals surface area contributed by atoms with Crippen LogP contribution in [0.5, 0.6) is 0 Å². The van der Waals surface area contributed by atoms with Gasteiger partial charge in [-0.3, -0.25) is 9.69 Å². The van der Waals surface area contributed by atoms with Gasteiger partial charge in [-0.2, -0.15) is 0 Å². The number of hydrogen-bond donors (Lipinski definition) is 1. The summed E-state index contributed by atoms with van der Waals surface area (Å²) >= 11 is 0. The predicted octanol–water partition coefficient (Wildman–Crippen LogP) is 3.03. The van der Waals surface area contributed by atoms with Crippen LogP contribution >= 0.6 is 0 Å². The van der Waals surface area contributed by atoms with Gasteiger partial charge >= 0.3 is 6.03 Å². The fourth-order valence-electron chi connectivity index (χ4n) is 4.75. The predicted molar refractivity (Wildman–Crippen MR) is 115 cm³/mol. The third-order valence-corrected chi connectivity index (χ3v) is 6.85. The Labute approximate surface area is 175 Å². The first kappa shape index (κ1) is 21.6. The fraction of sp³-hybridized carbons (Fsp3) is 0.652. The summed E-state index contributed by atoms with van der Waals surface area (Å²) in [6.07, 6.45) is 6.69. The molecule has 2 N–H and O–H groups in total. The Balaban J connectivity index is 1.86. The quantitative estimate of drug-likeness (QED) is 0.765. The number of hydrogen-bond acceptors (Lipinski definition) is 3. The molecule has 1 aromatic carbocycles. The van der Waals surface area contributed by atoms with Crippen molar-refractivity contribution in [2.75, 3.05) is 40.3 Å². The first-order chi connectivity index (χ1) is 13.9. The zero-order valence-electron chi connectivity index (χ0n) is 18.0. The molecule has 1 heterocycles. The Hall–Kier alpha value is -2.08. The normalized spacial score (nSPS) is 24.0. The fourth-order valence-corrected chi connectivity index (χ4v) is 4.75. The van der Waals surface area contributed by atoms with Crippen molar-refractivity contribution in [3.63, 3.8) is 0 Å². The molecule has 1 aliphatic carbocycles. The molecule has 0 spiro atoms. The molecule has 1 saturated carbocycles. The number of urea groups is 1. The minimum absolute atomic E-state index is 0.0702. The molecule has 3 amide bonds. The Morgan fingerprint density at radius 2 is 1.83 bits per heavy atom. The van der Waals surface area contributed by atoms with Gasteiger partial charge in [0.15, 0.2) is 0 Å². The number of rotatable bonds is 7. The summed E-state index contributed by atoms with van der Waals surface area (Å²) in [5, 5.41) is 0. The number of carbonyl (C=O) groups excluding carboxylic acids is 2. The Morgan fingerprint density at radius 3 is 2.41 bits per heavy atom. The van der Waals surface area contributed by atoms with Crippen LogP contribution in [0.3, 0.4) is 0 Å². The topological polar surface area (TPSA) is 69.9 Å². The van der Waals surface area contributed by atoms with Gasteiger partial charge in [0.25, 0.3) is 0 Å². The van der Waals surface area contributed by atoms with E-state index in [2.05, 4.69) is 49.3 Å². The molecule has 0 unspecified atom stereocenters. The van der Waals surface area contributed by atoms with Crippen molar-refractivity contribution in [3.05, 3.63) is 35.9 Å². The maximum absolute atomic E-state index is 13.3. The van der Waals surface area contributed by atoms with Gasteiger partial charge in [0.1, 0.15) is 0 Å². The van der Waals surface area contributed by atoms with Gasteiger partial charge in [0.05, 0.1) is 0 Å². The van der Waals surface area contributed by atoms with Crippen LogP contribution in [0.1, 0.15) is 50.5 Å². The Bertz CT molecular complexity index is 689. The second kappa shape index (κ2) is 9.61. The summed E-state index contributed by atoms with van der Waals surface area (Å²) in [6.45, 7) is 2.63. The smallest absolute Gasteiger partial charge is 0.320 e. The molecular formula is C23H36N4O2. The van der Waals surface area contributed by atoms with Gasteiger partial charge in [-0.05, 0) is 57.7 Å². The van der Waals surface area contributed by atoms with Gasteiger partial charge in [-0.1, -0.05) is 36.8 Å². The van der Waals surface area contributed by atoms with Crippen molar-refractivity contribution < 1.29 is 9.59 Å². The molecular weight excluding hydrogens is 364 g/mol. The van der Waals surface area contributed by atoms with Gasteiger partial charge in [-0.25, -0.2) is 4.79 Å². The summed E-state index contributed by atoms with van der Waals surface area (Å²) in [4.78, 5) is 30.9. The lowest BCUT2D eigenvalue weighted by atomic mass is 9.80. The molecule has 0 bridgehead atoms. The van der Waals surface area contributed by atoms with Crippen LogP contribution in [-0.2, 0) is 10.3 Å². The van der Waals surface area contributed by atoms with E-state index in [0.29, 0.717) is 19.0 Å². The molecule has 160 valence electrons.